The third kappa shape index (κ3) is 1.58. The molecule has 0 bridgehead atoms. The van der Waals surface area contributed by atoms with E-state index in [9.17, 15) is 4.79 Å². The maximum absolute atomic E-state index is 12.0. The van der Waals surface area contributed by atoms with Crippen molar-refractivity contribution in [1.29, 1.82) is 0 Å². The number of benzene rings is 1. The molecule has 0 radical (unpaired) electrons. The van der Waals surface area contributed by atoms with Gasteiger partial charge >= 0.3 is 0 Å². The van der Waals surface area contributed by atoms with E-state index >= 15 is 0 Å². The van der Waals surface area contributed by atoms with Crippen LogP contribution in [0.5, 0.6) is 0 Å². The van der Waals surface area contributed by atoms with Gasteiger partial charge in [0.1, 0.15) is 0 Å². The molecule has 2 rings (SSSR count). The molecule has 1 heterocycles. The minimum absolute atomic E-state index is 0.00620. The minimum Gasteiger partial charge on any atom is -0.399 e. The molecule has 0 amide bonds. The first-order valence-corrected chi connectivity index (χ1v) is 5.39. The highest BCUT2D eigenvalue weighted by molar-refractivity contribution is 5.87. The van der Waals surface area contributed by atoms with Crippen molar-refractivity contribution >= 4 is 16.5 Å². The van der Waals surface area contributed by atoms with Gasteiger partial charge in [0.05, 0.1) is 0 Å². The van der Waals surface area contributed by atoms with Crippen LogP contribution in [0.1, 0.15) is 25.3 Å². The maximum atomic E-state index is 12.0. The first kappa shape index (κ1) is 10.7. The fourth-order valence-corrected chi connectivity index (χ4v) is 1.98. The van der Waals surface area contributed by atoms with Crippen LogP contribution in [-0.4, -0.2) is 4.57 Å². The van der Waals surface area contributed by atoms with Crippen molar-refractivity contribution in [2.45, 2.75) is 19.8 Å². The molecule has 3 heteroatoms. The highest BCUT2D eigenvalue weighted by Crippen LogP contribution is 2.24. The summed E-state index contributed by atoms with van der Waals surface area (Å²) in [5.41, 5.74) is 7.54. The molecule has 0 fully saturated rings. The predicted molar refractivity (Wildman–Crippen MR) is 67.7 cm³/mol. The third-order valence-corrected chi connectivity index (χ3v) is 2.86. The smallest absolute Gasteiger partial charge is 0.258 e. The monoisotopic (exact) mass is 216 g/mol. The second-order valence-electron chi connectivity index (χ2n) is 4.46. The molecular formula is C13H16N2O. The number of aromatic nitrogens is 1. The topological polar surface area (TPSA) is 48.0 Å². The number of aryl methyl sites for hydroxylation is 1. The van der Waals surface area contributed by atoms with E-state index in [0.29, 0.717) is 17.0 Å². The minimum atomic E-state index is 0.00620. The van der Waals surface area contributed by atoms with Crippen LogP contribution in [0.3, 0.4) is 0 Å². The van der Waals surface area contributed by atoms with Gasteiger partial charge in [-0.2, -0.15) is 0 Å². The number of nitrogens with two attached hydrogens (primary N) is 1. The van der Waals surface area contributed by atoms with E-state index in [1.807, 2.05) is 18.3 Å². The lowest BCUT2D eigenvalue weighted by Crippen LogP contribution is -2.18. The van der Waals surface area contributed by atoms with Gasteiger partial charge in [0.2, 0.25) is 0 Å². The Morgan fingerprint density at radius 1 is 1.25 bits per heavy atom. The van der Waals surface area contributed by atoms with Crippen molar-refractivity contribution in [3.8, 4) is 0 Å². The van der Waals surface area contributed by atoms with Crippen LogP contribution in [0.2, 0.25) is 0 Å². The molecule has 0 spiro atoms. The zero-order valence-corrected chi connectivity index (χ0v) is 9.82. The van der Waals surface area contributed by atoms with Gasteiger partial charge in [-0.05, 0) is 29.0 Å². The Labute approximate surface area is 94.5 Å². The summed E-state index contributed by atoms with van der Waals surface area (Å²) in [6.45, 7) is 4.24. The van der Waals surface area contributed by atoms with Crippen molar-refractivity contribution in [1.82, 2.24) is 4.57 Å². The van der Waals surface area contributed by atoms with Crippen LogP contribution in [0.15, 0.2) is 29.2 Å². The summed E-state index contributed by atoms with van der Waals surface area (Å²) in [6, 6.07) is 5.53. The number of anilines is 1. The fraction of sp³-hybridized carbons (Fsp3) is 0.308. The average molecular weight is 216 g/mol. The lowest BCUT2D eigenvalue weighted by molar-refractivity contribution is 0.810. The molecule has 1 aromatic carbocycles. The Hall–Kier alpha value is -1.77. The fourth-order valence-electron chi connectivity index (χ4n) is 1.98. The first-order chi connectivity index (χ1) is 7.50. The van der Waals surface area contributed by atoms with Crippen LogP contribution >= 0.6 is 0 Å². The summed E-state index contributed by atoms with van der Waals surface area (Å²) >= 11 is 0. The average Bonchev–Trinajstić information content (AvgIpc) is 2.23. The van der Waals surface area contributed by atoms with Gasteiger partial charge in [-0.25, -0.2) is 0 Å². The summed E-state index contributed by atoms with van der Waals surface area (Å²) in [7, 11) is 1.77. The third-order valence-electron chi connectivity index (χ3n) is 2.86. The van der Waals surface area contributed by atoms with E-state index in [2.05, 4.69) is 13.8 Å². The molecule has 0 saturated carbocycles. The lowest BCUT2D eigenvalue weighted by Gasteiger charge is -2.12. The Morgan fingerprint density at radius 2 is 1.94 bits per heavy atom. The van der Waals surface area contributed by atoms with Crippen LogP contribution in [0.25, 0.3) is 10.8 Å². The molecule has 0 atom stereocenters. The van der Waals surface area contributed by atoms with Gasteiger partial charge in [0.25, 0.3) is 5.56 Å². The Morgan fingerprint density at radius 3 is 2.56 bits per heavy atom. The number of nitrogen functional groups attached to an aromatic ring is 1. The highest BCUT2D eigenvalue weighted by Gasteiger charge is 2.09. The molecule has 84 valence electrons. The molecule has 0 aliphatic heterocycles. The van der Waals surface area contributed by atoms with Crippen LogP contribution in [-0.2, 0) is 7.05 Å². The number of nitrogens with zero attached hydrogens (tertiary/aromatic N) is 1. The van der Waals surface area contributed by atoms with Crippen LogP contribution in [0.4, 0.5) is 5.69 Å². The van der Waals surface area contributed by atoms with Gasteiger partial charge in [-0.1, -0.05) is 19.9 Å². The second kappa shape index (κ2) is 3.67. The van der Waals surface area contributed by atoms with Gasteiger partial charge in [-0.3, -0.25) is 4.79 Å². The van der Waals surface area contributed by atoms with Crippen molar-refractivity contribution in [2.24, 2.45) is 7.05 Å². The van der Waals surface area contributed by atoms with E-state index < -0.39 is 0 Å². The van der Waals surface area contributed by atoms with Gasteiger partial charge in [-0.15, -0.1) is 0 Å². The molecule has 2 N–H and O–H groups in total. The van der Waals surface area contributed by atoms with E-state index in [0.717, 1.165) is 5.39 Å². The SMILES string of the molecule is CC(C)c1cn(C)c(=O)c2cc(N)ccc12. The normalized spacial score (nSPS) is 11.2. The van der Waals surface area contributed by atoms with Crippen molar-refractivity contribution in [2.75, 3.05) is 5.73 Å². The summed E-state index contributed by atoms with van der Waals surface area (Å²) in [5.74, 6) is 0.387. The van der Waals surface area contributed by atoms with E-state index in [4.69, 9.17) is 5.73 Å². The highest BCUT2D eigenvalue weighted by atomic mass is 16.1. The van der Waals surface area contributed by atoms with E-state index in [1.54, 1.807) is 17.7 Å². The lowest BCUT2D eigenvalue weighted by atomic mass is 9.98. The number of hydrogen-bond donors (Lipinski definition) is 1. The standard InChI is InChI=1S/C13H16N2O/c1-8(2)12-7-15(3)13(16)11-6-9(14)4-5-10(11)12/h4-8H,14H2,1-3H3. The van der Waals surface area contributed by atoms with Crippen molar-refractivity contribution in [3.05, 3.63) is 40.3 Å². The first-order valence-electron chi connectivity index (χ1n) is 5.39. The molecule has 3 nitrogen and oxygen atoms in total. The number of rotatable bonds is 1. The quantitative estimate of drug-likeness (QED) is 0.743. The largest absolute Gasteiger partial charge is 0.399 e. The number of fused-ring (bicyclic) bond motifs is 1. The summed E-state index contributed by atoms with van der Waals surface area (Å²) < 4.78 is 1.62. The molecule has 0 aliphatic rings. The summed E-state index contributed by atoms with van der Waals surface area (Å²) in [6.07, 6.45) is 1.91. The Kier molecular flexibility index (Phi) is 2.46. The maximum Gasteiger partial charge on any atom is 0.258 e. The molecule has 0 aliphatic carbocycles. The van der Waals surface area contributed by atoms with Crippen LogP contribution < -0.4 is 11.3 Å². The molecule has 0 saturated heterocycles. The second-order valence-corrected chi connectivity index (χ2v) is 4.46. The molecular weight excluding hydrogens is 200 g/mol. The Balaban J connectivity index is 2.95. The van der Waals surface area contributed by atoms with Gasteiger partial charge in [0, 0.05) is 24.3 Å². The van der Waals surface area contributed by atoms with E-state index in [-0.39, 0.29) is 5.56 Å². The molecule has 0 unspecified atom stereocenters. The molecule has 1 aromatic heterocycles. The number of hydrogen-bond acceptors (Lipinski definition) is 2. The van der Waals surface area contributed by atoms with Crippen LogP contribution in [0, 0.1) is 0 Å². The number of pyridine rings is 1. The zero-order chi connectivity index (χ0) is 11.9. The zero-order valence-electron chi connectivity index (χ0n) is 9.82. The van der Waals surface area contributed by atoms with Gasteiger partial charge < -0.3 is 10.3 Å². The summed E-state index contributed by atoms with van der Waals surface area (Å²) in [5, 5.41) is 1.71. The van der Waals surface area contributed by atoms with E-state index in [1.165, 1.54) is 5.56 Å². The van der Waals surface area contributed by atoms with Crippen molar-refractivity contribution < 1.29 is 0 Å². The van der Waals surface area contributed by atoms with Gasteiger partial charge in [0.15, 0.2) is 0 Å². The summed E-state index contributed by atoms with van der Waals surface area (Å²) in [4.78, 5) is 12.0. The van der Waals surface area contributed by atoms with Crippen molar-refractivity contribution in [3.63, 3.8) is 0 Å². The Bertz CT molecular complexity index is 597. The predicted octanol–water partition coefficient (Wildman–Crippen LogP) is 2.24. The molecule has 2 aromatic rings. The molecule has 16 heavy (non-hydrogen) atoms.